The molecule has 2 atom stereocenters. The van der Waals surface area contributed by atoms with Crippen molar-refractivity contribution >= 4 is 0 Å². The first-order valence-electron chi connectivity index (χ1n) is 4.55. The molecule has 0 spiro atoms. The van der Waals surface area contributed by atoms with Gasteiger partial charge in [-0.1, -0.05) is 38.8 Å². The molecule has 0 saturated carbocycles. The van der Waals surface area contributed by atoms with Crippen LogP contribution in [0.3, 0.4) is 0 Å². The Hall–Kier alpha value is -0.260. The summed E-state index contributed by atoms with van der Waals surface area (Å²) in [6.07, 6.45) is 10.2. The Balaban J connectivity index is 2.33. The topological polar surface area (TPSA) is 0 Å². The molecular formula is C10H18. The number of hydrogen-bond acceptors (Lipinski definition) is 0. The molecule has 58 valence electrons. The summed E-state index contributed by atoms with van der Waals surface area (Å²) in [6.45, 7) is 4.58. The van der Waals surface area contributed by atoms with Crippen LogP contribution >= 0.6 is 0 Å². The maximum atomic E-state index is 2.41. The quantitative estimate of drug-likeness (QED) is 0.524. The first-order chi connectivity index (χ1) is 4.88. The van der Waals surface area contributed by atoms with Crippen LogP contribution in [0, 0.1) is 11.8 Å². The van der Waals surface area contributed by atoms with E-state index in [1.807, 2.05) is 0 Å². The van der Waals surface area contributed by atoms with Gasteiger partial charge in [0.1, 0.15) is 0 Å². The zero-order chi connectivity index (χ0) is 7.40. The van der Waals surface area contributed by atoms with E-state index < -0.39 is 0 Å². The van der Waals surface area contributed by atoms with Crippen molar-refractivity contribution in [1.82, 2.24) is 0 Å². The van der Waals surface area contributed by atoms with E-state index in [4.69, 9.17) is 0 Å². The molecule has 0 heteroatoms. The molecule has 0 aromatic rings. The second-order valence-corrected chi connectivity index (χ2v) is 3.28. The van der Waals surface area contributed by atoms with Crippen LogP contribution in [-0.2, 0) is 0 Å². The lowest BCUT2D eigenvalue weighted by Gasteiger charge is -2.15. The van der Waals surface area contributed by atoms with Gasteiger partial charge >= 0.3 is 0 Å². The molecule has 0 radical (unpaired) electrons. The van der Waals surface area contributed by atoms with Crippen molar-refractivity contribution in [3.05, 3.63) is 12.2 Å². The van der Waals surface area contributed by atoms with Gasteiger partial charge in [-0.05, 0) is 24.7 Å². The van der Waals surface area contributed by atoms with Crippen molar-refractivity contribution < 1.29 is 0 Å². The Labute approximate surface area is 64.3 Å². The number of hydrogen-bond donors (Lipinski definition) is 0. The van der Waals surface area contributed by atoms with Crippen molar-refractivity contribution in [1.29, 1.82) is 0 Å². The van der Waals surface area contributed by atoms with Gasteiger partial charge in [0.15, 0.2) is 0 Å². The van der Waals surface area contributed by atoms with E-state index in [9.17, 15) is 0 Å². The zero-order valence-electron chi connectivity index (χ0n) is 7.14. The summed E-state index contributed by atoms with van der Waals surface area (Å²) < 4.78 is 0. The minimum atomic E-state index is 0.912. The molecule has 0 bridgehead atoms. The van der Waals surface area contributed by atoms with Gasteiger partial charge in [-0.15, -0.1) is 0 Å². The predicted octanol–water partition coefficient (Wildman–Crippen LogP) is 3.39. The van der Waals surface area contributed by atoms with Gasteiger partial charge in [0.2, 0.25) is 0 Å². The van der Waals surface area contributed by atoms with E-state index in [1.54, 1.807) is 0 Å². The maximum absolute atomic E-state index is 2.41. The van der Waals surface area contributed by atoms with E-state index >= 15 is 0 Å². The Bertz CT molecular complexity index is 113. The molecule has 1 rings (SSSR count). The molecule has 0 nitrogen and oxygen atoms in total. The summed E-state index contributed by atoms with van der Waals surface area (Å²) >= 11 is 0. The fraction of sp³-hybridized carbons (Fsp3) is 0.800. The third-order valence-corrected chi connectivity index (χ3v) is 2.57. The summed E-state index contributed by atoms with van der Waals surface area (Å²) in [4.78, 5) is 0. The Kier molecular flexibility index (Phi) is 2.98. The second-order valence-electron chi connectivity index (χ2n) is 3.28. The van der Waals surface area contributed by atoms with Crippen molar-refractivity contribution in [3.8, 4) is 0 Å². The van der Waals surface area contributed by atoms with Crippen LogP contribution in [0.5, 0.6) is 0 Å². The number of allylic oxidation sites excluding steroid dienone is 2. The third kappa shape index (κ3) is 1.62. The lowest BCUT2D eigenvalue weighted by Crippen LogP contribution is -2.05. The van der Waals surface area contributed by atoms with E-state index in [2.05, 4.69) is 26.0 Å². The molecule has 0 saturated heterocycles. The van der Waals surface area contributed by atoms with Gasteiger partial charge < -0.3 is 0 Å². The molecule has 0 aromatic heterocycles. The average molecular weight is 138 g/mol. The van der Waals surface area contributed by atoms with E-state index in [1.165, 1.54) is 25.7 Å². The van der Waals surface area contributed by atoms with Gasteiger partial charge in [-0.2, -0.15) is 0 Å². The van der Waals surface area contributed by atoms with Crippen LogP contribution in [-0.4, -0.2) is 0 Å². The molecule has 0 amide bonds. The number of rotatable bonds is 3. The summed E-state index contributed by atoms with van der Waals surface area (Å²) in [7, 11) is 0. The van der Waals surface area contributed by atoms with Gasteiger partial charge in [0.25, 0.3) is 0 Å². The highest BCUT2D eigenvalue weighted by atomic mass is 14.2. The molecule has 0 heterocycles. The molecule has 0 aromatic carbocycles. The highest BCUT2D eigenvalue weighted by Gasteiger charge is 2.19. The van der Waals surface area contributed by atoms with Crippen LogP contribution in [0.2, 0.25) is 0 Å². The van der Waals surface area contributed by atoms with Crippen molar-refractivity contribution in [3.63, 3.8) is 0 Å². The van der Waals surface area contributed by atoms with E-state index in [0.717, 1.165) is 11.8 Å². The molecule has 0 aliphatic heterocycles. The second kappa shape index (κ2) is 3.80. The smallest absolute Gasteiger partial charge is 0.0202 e. The minimum Gasteiger partial charge on any atom is -0.0880 e. The SMILES string of the molecule is CCCC1C=CCC1CC. The standard InChI is InChI=1S/C10H18/c1-3-6-10-8-5-7-9(10)4-2/h5,8-10H,3-4,6-7H2,1-2H3. The molecule has 0 N–H and O–H groups in total. The summed E-state index contributed by atoms with van der Waals surface area (Å²) in [5.41, 5.74) is 0. The highest BCUT2D eigenvalue weighted by Crippen LogP contribution is 2.30. The fourth-order valence-corrected chi connectivity index (χ4v) is 1.89. The molecule has 1 aliphatic rings. The first-order valence-corrected chi connectivity index (χ1v) is 4.55. The lowest BCUT2D eigenvalue weighted by molar-refractivity contribution is 0.387. The minimum absolute atomic E-state index is 0.912. The predicted molar refractivity (Wildman–Crippen MR) is 45.9 cm³/mol. The first kappa shape index (κ1) is 7.84. The zero-order valence-corrected chi connectivity index (χ0v) is 7.14. The summed E-state index contributed by atoms with van der Waals surface area (Å²) in [6, 6.07) is 0. The van der Waals surface area contributed by atoms with Crippen molar-refractivity contribution in [2.24, 2.45) is 11.8 Å². The summed E-state index contributed by atoms with van der Waals surface area (Å²) in [5.74, 6) is 1.88. The van der Waals surface area contributed by atoms with Crippen LogP contribution in [0.4, 0.5) is 0 Å². The Morgan fingerprint density at radius 3 is 2.80 bits per heavy atom. The Morgan fingerprint density at radius 1 is 1.40 bits per heavy atom. The van der Waals surface area contributed by atoms with Gasteiger partial charge in [0.05, 0.1) is 0 Å². The van der Waals surface area contributed by atoms with Gasteiger partial charge in [-0.25, -0.2) is 0 Å². The van der Waals surface area contributed by atoms with Gasteiger partial charge in [-0.3, -0.25) is 0 Å². The van der Waals surface area contributed by atoms with Crippen LogP contribution in [0.15, 0.2) is 12.2 Å². The lowest BCUT2D eigenvalue weighted by atomic mass is 9.90. The highest BCUT2D eigenvalue weighted by molar-refractivity contribution is 5.00. The van der Waals surface area contributed by atoms with Gasteiger partial charge in [0, 0.05) is 0 Å². The average Bonchev–Trinajstić information content (AvgIpc) is 2.36. The largest absolute Gasteiger partial charge is 0.0880 e. The van der Waals surface area contributed by atoms with Crippen LogP contribution < -0.4 is 0 Å². The monoisotopic (exact) mass is 138 g/mol. The maximum Gasteiger partial charge on any atom is -0.0202 e. The van der Waals surface area contributed by atoms with Crippen molar-refractivity contribution in [2.45, 2.75) is 39.5 Å². The Morgan fingerprint density at radius 2 is 2.20 bits per heavy atom. The van der Waals surface area contributed by atoms with E-state index in [0.29, 0.717) is 0 Å². The van der Waals surface area contributed by atoms with Crippen LogP contribution in [0.25, 0.3) is 0 Å². The van der Waals surface area contributed by atoms with Crippen molar-refractivity contribution in [2.75, 3.05) is 0 Å². The third-order valence-electron chi connectivity index (χ3n) is 2.57. The summed E-state index contributed by atoms with van der Waals surface area (Å²) in [5, 5.41) is 0. The molecular weight excluding hydrogens is 120 g/mol. The normalized spacial score (nSPS) is 31.4. The fourth-order valence-electron chi connectivity index (χ4n) is 1.89. The molecule has 2 unspecified atom stereocenters. The van der Waals surface area contributed by atoms with Crippen LogP contribution in [0.1, 0.15) is 39.5 Å². The molecule has 0 fully saturated rings. The molecule has 10 heavy (non-hydrogen) atoms. The van der Waals surface area contributed by atoms with E-state index in [-0.39, 0.29) is 0 Å². The molecule has 1 aliphatic carbocycles.